The van der Waals surface area contributed by atoms with E-state index in [0.29, 0.717) is 11.5 Å². The van der Waals surface area contributed by atoms with Gasteiger partial charge in [-0.3, -0.25) is 4.79 Å². The second-order valence-electron chi connectivity index (χ2n) is 7.73. The number of amides is 1. The molecule has 144 valence electrons. The highest BCUT2D eigenvalue weighted by molar-refractivity contribution is 5.85. The second-order valence-corrected chi connectivity index (χ2v) is 7.73. The third-order valence-corrected chi connectivity index (χ3v) is 5.39. The largest absolute Gasteiger partial charge is 0.382 e. The summed E-state index contributed by atoms with van der Waals surface area (Å²) in [6, 6.07) is 0.480. The molecule has 6 heteroatoms. The van der Waals surface area contributed by atoms with Gasteiger partial charge in [-0.1, -0.05) is 19.3 Å². The Hall–Kier alpha value is -1.30. The summed E-state index contributed by atoms with van der Waals surface area (Å²) in [5.74, 6) is 0.826. The van der Waals surface area contributed by atoms with Crippen molar-refractivity contribution in [2.75, 3.05) is 40.4 Å². The number of hydrogen-bond donors (Lipinski definition) is 2. The van der Waals surface area contributed by atoms with Gasteiger partial charge in [0, 0.05) is 39.9 Å². The van der Waals surface area contributed by atoms with Gasteiger partial charge in [-0.2, -0.15) is 0 Å². The molecule has 0 aromatic rings. The Bertz CT molecular complexity index is 441. The lowest BCUT2D eigenvalue weighted by Gasteiger charge is -2.26. The van der Waals surface area contributed by atoms with Crippen molar-refractivity contribution in [3.63, 3.8) is 0 Å². The average Bonchev–Trinajstić information content (AvgIpc) is 3.38. The van der Waals surface area contributed by atoms with E-state index in [2.05, 4.69) is 15.6 Å². The van der Waals surface area contributed by atoms with Crippen LogP contribution < -0.4 is 10.6 Å². The van der Waals surface area contributed by atoms with Crippen molar-refractivity contribution in [2.24, 2.45) is 10.4 Å². The van der Waals surface area contributed by atoms with Gasteiger partial charge >= 0.3 is 0 Å². The highest BCUT2D eigenvalue weighted by atomic mass is 16.5. The van der Waals surface area contributed by atoms with E-state index in [0.717, 1.165) is 32.1 Å². The van der Waals surface area contributed by atoms with Gasteiger partial charge in [-0.25, -0.2) is 4.99 Å². The van der Waals surface area contributed by atoms with Gasteiger partial charge in [0.2, 0.25) is 5.91 Å². The summed E-state index contributed by atoms with van der Waals surface area (Å²) in [5.41, 5.74) is 0.357. The van der Waals surface area contributed by atoms with Crippen LogP contribution in [0.2, 0.25) is 0 Å². The zero-order chi connectivity index (χ0) is 18.1. The summed E-state index contributed by atoms with van der Waals surface area (Å²) >= 11 is 0. The number of aliphatic imine (C=N–C) groups is 1. The lowest BCUT2D eigenvalue weighted by molar-refractivity contribution is -0.127. The fourth-order valence-electron chi connectivity index (χ4n) is 3.28. The molecule has 6 nitrogen and oxygen atoms in total. The molecule has 0 aromatic carbocycles. The summed E-state index contributed by atoms with van der Waals surface area (Å²) in [5, 5.41) is 7.06. The molecule has 0 heterocycles. The van der Waals surface area contributed by atoms with Crippen molar-refractivity contribution in [1.29, 1.82) is 0 Å². The van der Waals surface area contributed by atoms with E-state index < -0.39 is 0 Å². The minimum atomic E-state index is 0.0298. The summed E-state index contributed by atoms with van der Waals surface area (Å²) in [6.45, 7) is 4.76. The molecule has 0 atom stereocenters. The standard InChI is InChI=1S/C19H36N4O2/c1-4-25-13-12-19(10-11-19)15-21-18(20-14-17(24)23(2)3)22-16-8-6-5-7-9-16/h16H,4-15H2,1-3H3,(H2,20,21,22). The molecule has 2 fully saturated rings. The van der Waals surface area contributed by atoms with E-state index in [-0.39, 0.29) is 12.5 Å². The number of ether oxygens (including phenoxy) is 1. The molecule has 0 aliphatic heterocycles. The van der Waals surface area contributed by atoms with Crippen LogP contribution >= 0.6 is 0 Å². The summed E-state index contributed by atoms with van der Waals surface area (Å²) in [6.07, 6.45) is 9.87. The van der Waals surface area contributed by atoms with Gasteiger partial charge in [0.25, 0.3) is 0 Å². The number of carbonyl (C=O) groups excluding carboxylic acids is 1. The maximum Gasteiger partial charge on any atom is 0.243 e. The van der Waals surface area contributed by atoms with Crippen LogP contribution in [0.4, 0.5) is 0 Å². The van der Waals surface area contributed by atoms with Crippen LogP contribution in [0, 0.1) is 5.41 Å². The van der Waals surface area contributed by atoms with Crippen LogP contribution in [0.3, 0.4) is 0 Å². The first kappa shape index (κ1) is 20.0. The van der Waals surface area contributed by atoms with E-state index in [9.17, 15) is 4.79 Å². The van der Waals surface area contributed by atoms with Gasteiger partial charge in [-0.15, -0.1) is 0 Å². The zero-order valence-corrected chi connectivity index (χ0v) is 16.3. The third-order valence-electron chi connectivity index (χ3n) is 5.39. The van der Waals surface area contributed by atoms with Gasteiger partial charge in [0.1, 0.15) is 6.54 Å². The number of carbonyl (C=O) groups is 1. The van der Waals surface area contributed by atoms with Gasteiger partial charge in [0.15, 0.2) is 5.96 Å². The normalized spacial score (nSPS) is 20.2. The van der Waals surface area contributed by atoms with E-state index in [1.54, 1.807) is 19.0 Å². The lowest BCUT2D eigenvalue weighted by atomic mass is 9.96. The molecule has 0 unspecified atom stereocenters. The molecule has 2 aliphatic rings. The smallest absolute Gasteiger partial charge is 0.243 e. The van der Waals surface area contributed by atoms with Crippen molar-refractivity contribution in [3.05, 3.63) is 0 Å². The quantitative estimate of drug-likeness (QED) is 0.379. The molecule has 0 bridgehead atoms. The predicted octanol–water partition coefficient (Wildman–Crippen LogP) is 2.15. The number of guanidine groups is 1. The fraction of sp³-hybridized carbons (Fsp3) is 0.895. The minimum absolute atomic E-state index is 0.0298. The highest BCUT2D eigenvalue weighted by Crippen LogP contribution is 2.48. The van der Waals surface area contributed by atoms with Crippen molar-refractivity contribution >= 4 is 11.9 Å². The summed E-state index contributed by atoms with van der Waals surface area (Å²) in [7, 11) is 3.54. The molecule has 1 amide bonds. The van der Waals surface area contributed by atoms with Crippen LogP contribution in [0.1, 0.15) is 58.3 Å². The zero-order valence-electron chi connectivity index (χ0n) is 16.3. The molecular formula is C19H36N4O2. The number of rotatable bonds is 9. The monoisotopic (exact) mass is 352 g/mol. The Morgan fingerprint density at radius 2 is 1.96 bits per heavy atom. The Morgan fingerprint density at radius 1 is 1.24 bits per heavy atom. The minimum Gasteiger partial charge on any atom is -0.382 e. The Kier molecular flexibility index (Phi) is 8.00. The number of likely N-dealkylation sites (N-methyl/N-ethyl adjacent to an activating group) is 1. The SMILES string of the molecule is CCOCCC1(CNC(=NCC(=O)N(C)C)NC2CCCCC2)CC1. The summed E-state index contributed by atoms with van der Waals surface area (Å²) < 4.78 is 5.52. The Balaban J connectivity index is 1.86. The molecule has 0 radical (unpaired) electrons. The maximum absolute atomic E-state index is 11.9. The van der Waals surface area contributed by atoms with Crippen LogP contribution in [0.25, 0.3) is 0 Å². The van der Waals surface area contributed by atoms with E-state index in [1.807, 2.05) is 6.92 Å². The van der Waals surface area contributed by atoms with E-state index in [1.165, 1.54) is 44.9 Å². The Labute approximate surface area is 152 Å². The maximum atomic E-state index is 11.9. The van der Waals surface area contributed by atoms with E-state index in [4.69, 9.17) is 4.74 Å². The van der Waals surface area contributed by atoms with Gasteiger partial charge in [-0.05, 0) is 44.4 Å². The van der Waals surface area contributed by atoms with Crippen molar-refractivity contribution in [2.45, 2.75) is 64.3 Å². The van der Waals surface area contributed by atoms with Gasteiger partial charge in [0.05, 0.1) is 0 Å². The van der Waals surface area contributed by atoms with Crippen molar-refractivity contribution in [3.8, 4) is 0 Å². The van der Waals surface area contributed by atoms with Crippen LogP contribution in [-0.2, 0) is 9.53 Å². The first-order valence-electron chi connectivity index (χ1n) is 9.87. The molecule has 0 spiro atoms. The molecule has 2 aliphatic carbocycles. The molecule has 0 saturated heterocycles. The molecule has 2 saturated carbocycles. The number of nitrogens with one attached hydrogen (secondary N) is 2. The van der Waals surface area contributed by atoms with Crippen LogP contribution in [-0.4, -0.2) is 63.2 Å². The van der Waals surface area contributed by atoms with Crippen LogP contribution in [0.5, 0.6) is 0 Å². The third kappa shape index (κ3) is 7.22. The first-order valence-corrected chi connectivity index (χ1v) is 9.87. The number of hydrogen-bond acceptors (Lipinski definition) is 3. The predicted molar refractivity (Wildman–Crippen MR) is 102 cm³/mol. The number of nitrogens with zero attached hydrogens (tertiary/aromatic N) is 2. The molecular weight excluding hydrogens is 316 g/mol. The average molecular weight is 353 g/mol. The molecule has 0 aromatic heterocycles. The van der Waals surface area contributed by atoms with Crippen molar-refractivity contribution < 1.29 is 9.53 Å². The van der Waals surface area contributed by atoms with E-state index >= 15 is 0 Å². The lowest BCUT2D eigenvalue weighted by Crippen LogP contribution is -2.46. The van der Waals surface area contributed by atoms with Crippen LogP contribution in [0.15, 0.2) is 4.99 Å². The fourth-order valence-corrected chi connectivity index (χ4v) is 3.28. The second kappa shape index (κ2) is 10.00. The van der Waals surface area contributed by atoms with Gasteiger partial charge < -0.3 is 20.3 Å². The van der Waals surface area contributed by atoms with Crippen molar-refractivity contribution in [1.82, 2.24) is 15.5 Å². The Morgan fingerprint density at radius 3 is 2.56 bits per heavy atom. The topological polar surface area (TPSA) is 66.0 Å². The highest BCUT2D eigenvalue weighted by Gasteiger charge is 2.42. The molecule has 2 N–H and O–H groups in total. The first-order chi connectivity index (χ1) is 12.0. The molecule has 25 heavy (non-hydrogen) atoms. The summed E-state index contributed by atoms with van der Waals surface area (Å²) in [4.78, 5) is 18.0. The molecule has 2 rings (SSSR count).